The Morgan fingerprint density at radius 1 is 1.25 bits per heavy atom. The highest BCUT2D eigenvalue weighted by molar-refractivity contribution is 5.99. The predicted molar refractivity (Wildman–Crippen MR) is 105 cm³/mol. The molecule has 0 spiro atoms. The molecule has 0 bridgehead atoms. The van der Waals surface area contributed by atoms with Crippen molar-refractivity contribution in [1.82, 2.24) is 15.0 Å². The molecule has 0 amide bonds. The molecule has 2 aliphatic carbocycles. The van der Waals surface area contributed by atoms with Crippen LogP contribution in [0.3, 0.4) is 0 Å². The summed E-state index contributed by atoms with van der Waals surface area (Å²) in [4.78, 5) is 4.30. The van der Waals surface area contributed by atoms with E-state index in [1.54, 1.807) is 0 Å². The van der Waals surface area contributed by atoms with Crippen LogP contribution in [-0.2, 0) is 4.74 Å². The molecule has 1 aromatic heterocycles. The number of rotatable bonds is 7. The highest BCUT2D eigenvalue weighted by Crippen LogP contribution is 2.44. The molecule has 2 aromatic rings. The van der Waals surface area contributed by atoms with E-state index < -0.39 is 42.2 Å². The van der Waals surface area contributed by atoms with E-state index in [0.29, 0.717) is 12.0 Å². The second kappa shape index (κ2) is 8.65. The molecular formula is C19H23F3N6O4. The van der Waals surface area contributed by atoms with Crippen LogP contribution in [0.4, 0.5) is 19.0 Å². The quantitative estimate of drug-likeness (QED) is 0.272. The van der Waals surface area contributed by atoms with E-state index >= 15 is 0 Å². The van der Waals surface area contributed by atoms with Gasteiger partial charge in [0.25, 0.3) is 0 Å². The number of halogens is 3. The van der Waals surface area contributed by atoms with Gasteiger partial charge in [-0.15, -0.1) is 5.10 Å². The first-order valence-corrected chi connectivity index (χ1v) is 9.96. The van der Waals surface area contributed by atoms with E-state index in [9.17, 15) is 23.4 Å². The maximum atomic E-state index is 14.9. The summed E-state index contributed by atoms with van der Waals surface area (Å²) in [6.45, 7) is -0.605. The molecule has 32 heavy (non-hydrogen) atoms. The number of aliphatic hydroxyl groups excluding tert-OH is 3. The van der Waals surface area contributed by atoms with Crippen LogP contribution >= 0.6 is 0 Å². The standard InChI is InChI=1S/C19H23F3N6O4/c20-9-2-1-7(5-10(9)21)8-6-11(8)25-18(23)13-19(24)28(27-26-13)14-12(22)17(32-4-3-29)16(31)15(14)30/h1-2,5,8,11-12,14-17,29-31H,3-4,6,24H2,(H2,23,25)/t8-,11+,12+,14+,15-,16-,17-/m0/s1. The van der Waals surface area contributed by atoms with Crippen molar-refractivity contribution >= 4 is 11.7 Å². The molecule has 2 fully saturated rings. The average Bonchev–Trinajstić information content (AvgIpc) is 3.37. The summed E-state index contributed by atoms with van der Waals surface area (Å²) in [7, 11) is 0. The number of amidine groups is 1. The number of nitrogens with two attached hydrogens (primary N) is 2. The second-order valence-corrected chi connectivity index (χ2v) is 7.84. The lowest BCUT2D eigenvalue weighted by atomic mass is 10.1. The Balaban J connectivity index is 1.51. The van der Waals surface area contributed by atoms with Gasteiger partial charge in [0.05, 0.1) is 19.3 Å². The molecular weight excluding hydrogens is 433 g/mol. The first-order chi connectivity index (χ1) is 15.2. The SMILES string of the molecule is NC(=N[C@@H]1C[C@H]1c1ccc(F)c(F)c1)c1nnn([C@H]2[C@H](O)[C@H](O)[C@@H](OCCO)[C@@H]2F)c1N. The van der Waals surface area contributed by atoms with E-state index in [-0.39, 0.29) is 42.5 Å². The number of ether oxygens (including phenoxy) is 1. The molecule has 0 saturated heterocycles. The molecule has 0 aliphatic heterocycles. The molecule has 2 aliphatic rings. The first kappa shape index (κ1) is 22.5. The lowest BCUT2D eigenvalue weighted by molar-refractivity contribution is -0.0758. The second-order valence-electron chi connectivity index (χ2n) is 7.84. The molecule has 1 aromatic carbocycles. The Morgan fingerprint density at radius 2 is 2.00 bits per heavy atom. The minimum absolute atomic E-state index is 0.0328. The summed E-state index contributed by atoms with van der Waals surface area (Å²) in [5.74, 6) is -2.28. The van der Waals surface area contributed by atoms with Gasteiger partial charge in [0.15, 0.2) is 35.2 Å². The van der Waals surface area contributed by atoms with Crippen LogP contribution in [0.2, 0.25) is 0 Å². The molecule has 4 rings (SSSR count). The topological polar surface area (TPSA) is 165 Å². The Morgan fingerprint density at radius 3 is 2.69 bits per heavy atom. The summed E-state index contributed by atoms with van der Waals surface area (Å²) in [6.07, 6.45) is -5.87. The Bertz CT molecular complexity index is 1020. The van der Waals surface area contributed by atoms with Crippen LogP contribution in [0.15, 0.2) is 23.2 Å². The summed E-state index contributed by atoms with van der Waals surface area (Å²) in [5.41, 5.74) is 12.6. The van der Waals surface area contributed by atoms with Gasteiger partial charge >= 0.3 is 0 Å². The van der Waals surface area contributed by atoms with Crippen LogP contribution in [0, 0.1) is 11.6 Å². The lowest BCUT2D eigenvalue weighted by Gasteiger charge is -2.18. The van der Waals surface area contributed by atoms with Gasteiger partial charge in [-0.1, -0.05) is 11.3 Å². The number of hydrogen-bond donors (Lipinski definition) is 5. The minimum Gasteiger partial charge on any atom is -0.394 e. The number of aliphatic hydroxyl groups is 3. The van der Waals surface area contributed by atoms with E-state index in [1.165, 1.54) is 6.07 Å². The van der Waals surface area contributed by atoms with Crippen molar-refractivity contribution < 1.29 is 33.2 Å². The number of aliphatic imine (C=N–C) groups is 1. The van der Waals surface area contributed by atoms with Crippen molar-refractivity contribution in [3.8, 4) is 0 Å². The van der Waals surface area contributed by atoms with Gasteiger partial charge in [0, 0.05) is 5.92 Å². The summed E-state index contributed by atoms with van der Waals surface area (Å²) in [6, 6.07) is 1.94. The Labute approximate surface area is 180 Å². The van der Waals surface area contributed by atoms with Gasteiger partial charge in [-0.25, -0.2) is 17.9 Å². The van der Waals surface area contributed by atoms with Crippen molar-refractivity contribution in [2.75, 3.05) is 18.9 Å². The monoisotopic (exact) mass is 456 g/mol. The molecule has 1 heterocycles. The molecule has 0 radical (unpaired) electrons. The van der Waals surface area contributed by atoms with Crippen LogP contribution < -0.4 is 11.5 Å². The number of alkyl halides is 1. The van der Waals surface area contributed by atoms with E-state index in [2.05, 4.69) is 15.3 Å². The third-order valence-corrected chi connectivity index (χ3v) is 5.77. The first-order valence-electron chi connectivity index (χ1n) is 9.96. The molecule has 0 unspecified atom stereocenters. The van der Waals surface area contributed by atoms with Crippen molar-refractivity contribution in [3.05, 3.63) is 41.1 Å². The van der Waals surface area contributed by atoms with E-state index in [0.717, 1.165) is 16.8 Å². The smallest absolute Gasteiger partial charge is 0.171 e. The molecule has 7 atom stereocenters. The number of anilines is 1. The van der Waals surface area contributed by atoms with Gasteiger partial charge in [-0.2, -0.15) is 0 Å². The van der Waals surface area contributed by atoms with Gasteiger partial charge < -0.3 is 31.5 Å². The Kier molecular flexibility index (Phi) is 6.07. The number of nitrogens with zero attached hydrogens (tertiary/aromatic N) is 4. The van der Waals surface area contributed by atoms with Crippen molar-refractivity contribution in [2.45, 2.75) is 48.9 Å². The summed E-state index contributed by atoms with van der Waals surface area (Å²) in [5, 5.41) is 36.8. The zero-order chi connectivity index (χ0) is 23.2. The number of nitrogen functional groups attached to an aromatic ring is 1. The van der Waals surface area contributed by atoms with E-state index in [4.69, 9.17) is 21.3 Å². The molecule has 13 heteroatoms. The average molecular weight is 456 g/mol. The van der Waals surface area contributed by atoms with Crippen LogP contribution in [-0.4, -0.2) is 79.9 Å². The maximum absolute atomic E-state index is 14.9. The molecule has 2 saturated carbocycles. The summed E-state index contributed by atoms with van der Waals surface area (Å²) < 4.78 is 47.5. The zero-order valence-corrected chi connectivity index (χ0v) is 16.7. The van der Waals surface area contributed by atoms with Gasteiger partial charge in [-0.3, -0.25) is 4.99 Å². The zero-order valence-electron chi connectivity index (χ0n) is 16.7. The summed E-state index contributed by atoms with van der Waals surface area (Å²) >= 11 is 0. The number of benzene rings is 1. The van der Waals surface area contributed by atoms with Gasteiger partial charge in [0.1, 0.15) is 24.4 Å². The fraction of sp³-hybridized carbons (Fsp3) is 0.526. The fourth-order valence-corrected chi connectivity index (χ4v) is 4.00. The van der Waals surface area contributed by atoms with Crippen molar-refractivity contribution in [1.29, 1.82) is 0 Å². The predicted octanol–water partition coefficient (Wildman–Crippen LogP) is -0.608. The Hall–Kier alpha value is -2.74. The third kappa shape index (κ3) is 3.92. The highest BCUT2D eigenvalue weighted by Gasteiger charge is 2.53. The largest absolute Gasteiger partial charge is 0.394 e. The van der Waals surface area contributed by atoms with Gasteiger partial charge in [0.2, 0.25) is 0 Å². The minimum atomic E-state index is -1.89. The molecule has 174 valence electrons. The fourth-order valence-electron chi connectivity index (χ4n) is 4.00. The lowest BCUT2D eigenvalue weighted by Crippen LogP contribution is -2.34. The van der Waals surface area contributed by atoms with Crippen LogP contribution in [0.25, 0.3) is 0 Å². The third-order valence-electron chi connectivity index (χ3n) is 5.77. The number of aromatic nitrogens is 3. The van der Waals surface area contributed by atoms with Gasteiger partial charge in [-0.05, 0) is 24.1 Å². The molecule has 10 nitrogen and oxygen atoms in total. The normalized spacial score (nSPS) is 32.4. The van der Waals surface area contributed by atoms with Crippen molar-refractivity contribution in [3.63, 3.8) is 0 Å². The van der Waals surface area contributed by atoms with Crippen molar-refractivity contribution in [2.24, 2.45) is 10.7 Å². The molecule has 7 N–H and O–H groups in total. The highest BCUT2D eigenvalue weighted by atomic mass is 19.2. The van der Waals surface area contributed by atoms with Crippen LogP contribution in [0.5, 0.6) is 0 Å². The van der Waals surface area contributed by atoms with E-state index in [1.807, 2.05) is 0 Å². The maximum Gasteiger partial charge on any atom is 0.171 e. The number of hydrogen-bond acceptors (Lipinski definition) is 8. The van der Waals surface area contributed by atoms with Crippen LogP contribution in [0.1, 0.15) is 29.6 Å².